The smallest absolute Gasteiger partial charge is 0.316 e. The molecule has 0 aliphatic carbocycles. The van der Waals surface area contributed by atoms with Gasteiger partial charge >= 0.3 is 11.9 Å². The Morgan fingerprint density at radius 1 is 1.55 bits per heavy atom. The van der Waals surface area contributed by atoms with E-state index in [1.54, 1.807) is 0 Å². The second kappa shape index (κ2) is 3.03. The number of carbonyl (C=O) groups excluding carboxylic acids is 2. The van der Waals surface area contributed by atoms with Gasteiger partial charge in [0.25, 0.3) is 0 Å². The van der Waals surface area contributed by atoms with E-state index < -0.39 is 0 Å². The molecule has 1 fully saturated rings. The minimum Gasteiger partial charge on any atom is -0.393 e. The summed E-state index contributed by atoms with van der Waals surface area (Å²) in [4.78, 5) is 21.7. The van der Waals surface area contributed by atoms with Crippen LogP contribution in [-0.4, -0.2) is 11.9 Å². The first-order chi connectivity index (χ1) is 5.15. The second-order valence-corrected chi connectivity index (χ2v) is 2.99. The zero-order valence-corrected chi connectivity index (χ0v) is 6.79. The van der Waals surface area contributed by atoms with Crippen LogP contribution in [0.25, 0.3) is 0 Å². The van der Waals surface area contributed by atoms with Crippen LogP contribution in [0.4, 0.5) is 0 Å². The van der Waals surface area contributed by atoms with Crippen molar-refractivity contribution >= 4 is 11.9 Å². The fraction of sp³-hybridized carbons (Fsp3) is 0.750. The molecule has 0 aromatic carbocycles. The van der Waals surface area contributed by atoms with Crippen LogP contribution in [0.15, 0.2) is 0 Å². The van der Waals surface area contributed by atoms with Gasteiger partial charge in [-0.15, -0.1) is 0 Å². The number of hydrogen-bond donors (Lipinski definition) is 0. The lowest BCUT2D eigenvalue weighted by Gasteiger charge is -2.24. The predicted molar refractivity (Wildman–Crippen MR) is 38.7 cm³/mol. The largest absolute Gasteiger partial charge is 0.393 e. The Morgan fingerprint density at radius 2 is 2.18 bits per heavy atom. The van der Waals surface area contributed by atoms with Crippen molar-refractivity contribution in [2.24, 2.45) is 11.8 Å². The number of ether oxygens (including phenoxy) is 1. The van der Waals surface area contributed by atoms with Crippen molar-refractivity contribution in [2.45, 2.75) is 26.7 Å². The lowest BCUT2D eigenvalue weighted by atomic mass is 9.87. The van der Waals surface area contributed by atoms with Crippen LogP contribution in [-0.2, 0) is 14.3 Å². The molecule has 62 valence electrons. The Labute approximate surface area is 65.7 Å². The lowest BCUT2D eigenvalue weighted by Crippen LogP contribution is -2.33. The van der Waals surface area contributed by atoms with Crippen molar-refractivity contribution in [1.82, 2.24) is 0 Å². The average molecular weight is 156 g/mol. The summed E-state index contributed by atoms with van der Waals surface area (Å²) in [6.45, 7) is 3.84. The molecule has 0 radical (unpaired) electrons. The van der Waals surface area contributed by atoms with Crippen molar-refractivity contribution in [3.8, 4) is 0 Å². The molecule has 1 aliphatic rings. The molecule has 2 unspecified atom stereocenters. The Balaban J connectivity index is 2.66. The molecule has 3 heteroatoms. The third-order valence-corrected chi connectivity index (χ3v) is 2.13. The van der Waals surface area contributed by atoms with E-state index in [4.69, 9.17) is 0 Å². The van der Waals surface area contributed by atoms with E-state index in [9.17, 15) is 9.59 Å². The molecule has 2 atom stereocenters. The molecule has 0 aromatic heterocycles. The molecular weight excluding hydrogens is 144 g/mol. The lowest BCUT2D eigenvalue weighted by molar-refractivity contribution is -0.170. The molecule has 1 saturated heterocycles. The molecule has 3 nitrogen and oxygen atoms in total. The third kappa shape index (κ3) is 1.59. The van der Waals surface area contributed by atoms with E-state index >= 15 is 0 Å². The summed E-state index contributed by atoms with van der Waals surface area (Å²) in [6, 6.07) is 0. The standard InChI is InChI=1S/C8H12O3/c1-3-6-5(2)4-7(9)11-8(6)10/h5-6H,3-4H2,1-2H3. The summed E-state index contributed by atoms with van der Waals surface area (Å²) >= 11 is 0. The van der Waals surface area contributed by atoms with Crippen molar-refractivity contribution < 1.29 is 14.3 Å². The molecule has 0 amide bonds. The highest BCUT2D eigenvalue weighted by molar-refractivity contribution is 5.89. The highest BCUT2D eigenvalue weighted by atomic mass is 16.6. The maximum atomic E-state index is 11.0. The minimum absolute atomic E-state index is 0.0762. The van der Waals surface area contributed by atoms with Crippen molar-refractivity contribution in [3.63, 3.8) is 0 Å². The molecule has 0 bridgehead atoms. The van der Waals surface area contributed by atoms with Crippen molar-refractivity contribution in [1.29, 1.82) is 0 Å². The Morgan fingerprint density at radius 3 is 2.64 bits per heavy atom. The molecule has 1 heterocycles. The zero-order chi connectivity index (χ0) is 8.43. The van der Waals surface area contributed by atoms with Crippen molar-refractivity contribution in [2.75, 3.05) is 0 Å². The van der Waals surface area contributed by atoms with Crippen LogP contribution in [0.3, 0.4) is 0 Å². The maximum absolute atomic E-state index is 11.0. The fourth-order valence-electron chi connectivity index (χ4n) is 1.44. The van der Waals surface area contributed by atoms with E-state index in [1.807, 2.05) is 13.8 Å². The summed E-state index contributed by atoms with van der Waals surface area (Å²) in [5.41, 5.74) is 0. The highest BCUT2D eigenvalue weighted by Crippen LogP contribution is 2.25. The molecule has 0 spiro atoms. The van der Waals surface area contributed by atoms with E-state index in [-0.39, 0.29) is 23.8 Å². The minimum atomic E-state index is -0.382. The molecule has 0 N–H and O–H groups in total. The van der Waals surface area contributed by atoms with Crippen LogP contribution in [0.5, 0.6) is 0 Å². The Kier molecular flexibility index (Phi) is 2.27. The number of esters is 2. The first-order valence-electron chi connectivity index (χ1n) is 3.89. The highest BCUT2D eigenvalue weighted by Gasteiger charge is 2.33. The summed E-state index contributed by atoms with van der Waals surface area (Å²) in [7, 11) is 0. The van der Waals surface area contributed by atoms with Gasteiger partial charge in [0, 0.05) is 6.42 Å². The third-order valence-electron chi connectivity index (χ3n) is 2.13. The van der Waals surface area contributed by atoms with E-state index in [2.05, 4.69) is 4.74 Å². The van der Waals surface area contributed by atoms with Gasteiger partial charge in [-0.25, -0.2) is 0 Å². The van der Waals surface area contributed by atoms with Gasteiger partial charge in [-0.05, 0) is 12.3 Å². The van der Waals surface area contributed by atoms with Gasteiger partial charge in [0.2, 0.25) is 0 Å². The molecule has 11 heavy (non-hydrogen) atoms. The summed E-state index contributed by atoms with van der Waals surface area (Å²) in [6.07, 6.45) is 1.14. The number of rotatable bonds is 1. The van der Waals surface area contributed by atoms with Gasteiger partial charge in [-0.3, -0.25) is 9.59 Å². The molecule has 0 saturated carbocycles. The summed E-state index contributed by atoms with van der Waals surface area (Å²) in [5.74, 6) is -0.662. The normalized spacial score (nSPS) is 31.8. The van der Waals surface area contributed by atoms with E-state index in [0.717, 1.165) is 6.42 Å². The van der Waals surface area contributed by atoms with Gasteiger partial charge in [-0.2, -0.15) is 0 Å². The Hall–Kier alpha value is -0.860. The Bertz CT molecular complexity index is 186. The maximum Gasteiger partial charge on any atom is 0.316 e. The number of carbonyl (C=O) groups is 2. The second-order valence-electron chi connectivity index (χ2n) is 2.99. The van der Waals surface area contributed by atoms with Gasteiger partial charge in [0.15, 0.2) is 0 Å². The van der Waals surface area contributed by atoms with Crippen LogP contribution in [0, 0.1) is 11.8 Å². The zero-order valence-electron chi connectivity index (χ0n) is 6.79. The van der Waals surface area contributed by atoms with Crippen LogP contribution >= 0.6 is 0 Å². The fourth-order valence-corrected chi connectivity index (χ4v) is 1.44. The summed E-state index contributed by atoms with van der Waals surface area (Å²) in [5, 5.41) is 0. The molecule has 0 aromatic rings. The quantitative estimate of drug-likeness (QED) is 0.422. The van der Waals surface area contributed by atoms with Crippen LogP contribution in [0.2, 0.25) is 0 Å². The molecule has 1 aliphatic heterocycles. The van der Waals surface area contributed by atoms with Gasteiger partial charge in [-0.1, -0.05) is 13.8 Å². The predicted octanol–water partition coefficient (Wildman–Crippen LogP) is 1.12. The van der Waals surface area contributed by atoms with Crippen LogP contribution < -0.4 is 0 Å². The first-order valence-corrected chi connectivity index (χ1v) is 3.89. The van der Waals surface area contributed by atoms with Crippen molar-refractivity contribution in [3.05, 3.63) is 0 Å². The molecule has 1 rings (SSSR count). The monoisotopic (exact) mass is 156 g/mol. The summed E-state index contributed by atoms with van der Waals surface area (Å²) < 4.78 is 4.48. The number of cyclic esters (lactones) is 2. The first kappa shape index (κ1) is 8.24. The topological polar surface area (TPSA) is 43.4 Å². The van der Waals surface area contributed by atoms with E-state index in [1.165, 1.54) is 0 Å². The SMILES string of the molecule is CCC1C(=O)OC(=O)CC1C. The van der Waals surface area contributed by atoms with Gasteiger partial charge in [0.1, 0.15) is 0 Å². The van der Waals surface area contributed by atoms with Crippen LogP contribution in [0.1, 0.15) is 26.7 Å². The number of hydrogen-bond acceptors (Lipinski definition) is 3. The van der Waals surface area contributed by atoms with Gasteiger partial charge < -0.3 is 4.74 Å². The average Bonchev–Trinajstić information content (AvgIpc) is 1.85. The molecular formula is C8H12O3. The van der Waals surface area contributed by atoms with Gasteiger partial charge in [0.05, 0.1) is 5.92 Å². The van der Waals surface area contributed by atoms with E-state index in [0.29, 0.717) is 6.42 Å².